The summed E-state index contributed by atoms with van der Waals surface area (Å²) in [6, 6.07) is 0. The standard InChI is InChI=1S/C7H10O2.C4H6O2/c1-5-7(2,3)4-6(8)9-5;1-3(2)4(5)6/h1,4H2,2-3H3;1H2,2H3,(H,5,6). The summed E-state index contributed by atoms with van der Waals surface area (Å²) in [6.07, 6.45) is 0.464. The molecule has 4 nitrogen and oxygen atoms in total. The molecule has 0 aromatic heterocycles. The van der Waals surface area contributed by atoms with Gasteiger partial charge in [0, 0.05) is 11.0 Å². The molecule has 4 heteroatoms. The summed E-state index contributed by atoms with van der Waals surface area (Å²) in [5.41, 5.74) is 0.0341. The molecule has 84 valence electrons. The van der Waals surface area contributed by atoms with E-state index in [2.05, 4.69) is 13.2 Å². The Hall–Kier alpha value is -1.58. The number of cyclic esters (lactones) is 1. The van der Waals surface area contributed by atoms with E-state index in [0.717, 1.165) is 0 Å². The lowest BCUT2D eigenvalue weighted by Gasteiger charge is -2.12. The van der Waals surface area contributed by atoms with Gasteiger partial charge in [0.15, 0.2) is 0 Å². The van der Waals surface area contributed by atoms with Gasteiger partial charge in [-0.05, 0) is 6.92 Å². The fraction of sp³-hybridized carbons (Fsp3) is 0.455. The molecule has 0 aromatic rings. The average molecular weight is 212 g/mol. The summed E-state index contributed by atoms with van der Waals surface area (Å²) >= 11 is 0. The molecule has 0 spiro atoms. The zero-order chi connectivity index (χ0) is 12.2. The largest absolute Gasteiger partial charge is 0.478 e. The van der Waals surface area contributed by atoms with Crippen molar-refractivity contribution in [2.45, 2.75) is 27.2 Å². The number of carboxylic acids is 1. The minimum atomic E-state index is -0.935. The summed E-state index contributed by atoms with van der Waals surface area (Å²) in [5, 5.41) is 7.89. The molecule has 0 unspecified atom stereocenters. The molecule has 0 saturated carbocycles. The van der Waals surface area contributed by atoms with Crippen LogP contribution in [0.25, 0.3) is 0 Å². The summed E-state index contributed by atoms with van der Waals surface area (Å²) in [7, 11) is 0. The third-order valence-corrected chi connectivity index (χ3v) is 1.94. The average Bonchev–Trinajstić information content (AvgIpc) is 2.24. The van der Waals surface area contributed by atoms with Crippen LogP contribution in [-0.4, -0.2) is 17.0 Å². The van der Waals surface area contributed by atoms with E-state index < -0.39 is 5.97 Å². The number of ether oxygens (including phenoxy) is 1. The SMILES string of the molecule is C=C(C)C(=O)O.C=C1OC(=O)CC1(C)C. The maximum Gasteiger partial charge on any atom is 0.330 e. The zero-order valence-corrected chi connectivity index (χ0v) is 9.29. The highest BCUT2D eigenvalue weighted by atomic mass is 16.5. The predicted octanol–water partition coefficient (Wildman–Crippen LogP) is 2.12. The van der Waals surface area contributed by atoms with E-state index in [1.807, 2.05) is 13.8 Å². The van der Waals surface area contributed by atoms with Gasteiger partial charge >= 0.3 is 11.9 Å². The zero-order valence-electron chi connectivity index (χ0n) is 9.29. The molecular weight excluding hydrogens is 196 g/mol. The van der Waals surface area contributed by atoms with Crippen molar-refractivity contribution in [1.29, 1.82) is 0 Å². The lowest BCUT2D eigenvalue weighted by Crippen LogP contribution is -2.06. The molecule has 0 aromatic carbocycles. The topological polar surface area (TPSA) is 63.6 Å². The highest BCUT2D eigenvalue weighted by molar-refractivity contribution is 5.84. The number of carbonyl (C=O) groups excluding carboxylic acids is 1. The number of aliphatic carboxylic acids is 1. The fourth-order valence-corrected chi connectivity index (χ4v) is 0.771. The number of hydrogen-bond acceptors (Lipinski definition) is 3. The molecule has 0 radical (unpaired) electrons. The summed E-state index contributed by atoms with van der Waals surface area (Å²) < 4.78 is 4.74. The number of hydrogen-bond donors (Lipinski definition) is 1. The van der Waals surface area contributed by atoms with Gasteiger partial charge in [-0.15, -0.1) is 0 Å². The molecule has 1 saturated heterocycles. The first kappa shape index (κ1) is 13.4. The second-order valence-corrected chi connectivity index (χ2v) is 4.04. The van der Waals surface area contributed by atoms with Crippen molar-refractivity contribution >= 4 is 11.9 Å². The third kappa shape index (κ3) is 4.44. The Kier molecular flexibility index (Phi) is 4.27. The van der Waals surface area contributed by atoms with Crippen molar-refractivity contribution in [2.75, 3.05) is 0 Å². The Morgan fingerprint density at radius 2 is 1.93 bits per heavy atom. The lowest BCUT2D eigenvalue weighted by molar-refractivity contribution is -0.135. The summed E-state index contributed by atoms with van der Waals surface area (Å²) in [4.78, 5) is 20.2. The van der Waals surface area contributed by atoms with Crippen LogP contribution < -0.4 is 0 Å². The number of esters is 1. The van der Waals surface area contributed by atoms with Crippen molar-refractivity contribution in [3.05, 3.63) is 24.5 Å². The van der Waals surface area contributed by atoms with Crippen molar-refractivity contribution in [1.82, 2.24) is 0 Å². The fourth-order valence-electron chi connectivity index (χ4n) is 0.771. The predicted molar refractivity (Wildman–Crippen MR) is 56.1 cm³/mol. The Morgan fingerprint density at radius 1 is 1.53 bits per heavy atom. The van der Waals surface area contributed by atoms with Crippen LogP contribution in [0.1, 0.15) is 27.2 Å². The van der Waals surface area contributed by atoms with Crippen molar-refractivity contribution < 1.29 is 19.4 Å². The van der Waals surface area contributed by atoms with E-state index >= 15 is 0 Å². The van der Waals surface area contributed by atoms with E-state index in [1.165, 1.54) is 6.92 Å². The van der Waals surface area contributed by atoms with Crippen LogP contribution in [0.4, 0.5) is 0 Å². The van der Waals surface area contributed by atoms with Crippen LogP contribution in [0.5, 0.6) is 0 Å². The highest BCUT2D eigenvalue weighted by Gasteiger charge is 2.35. The molecule has 15 heavy (non-hydrogen) atoms. The number of carbonyl (C=O) groups is 2. The number of carboxylic acid groups (broad SMARTS) is 1. The van der Waals surface area contributed by atoms with Gasteiger partial charge in [0.25, 0.3) is 0 Å². The normalized spacial score (nSPS) is 17.5. The molecular formula is C11H16O4. The first-order valence-corrected chi connectivity index (χ1v) is 4.45. The highest BCUT2D eigenvalue weighted by Crippen LogP contribution is 2.36. The quantitative estimate of drug-likeness (QED) is 0.534. The second-order valence-electron chi connectivity index (χ2n) is 4.04. The van der Waals surface area contributed by atoms with Crippen molar-refractivity contribution in [2.24, 2.45) is 5.41 Å². The lowest BCUT2D eigenvalue weighted by atomic mass is 9.90. The van der Waals surface area contributed by atoms with Crippen LogP contribution in [-0.2, 0) is 14.3 Å². The molecule has 0 aliphatic carbocycles. The van der Waals surface area contributed by atoms with Gasteiger partial charge in [0.2, 0.25) is 0 Å². The van der Waals surface area contributed by atoms with Gasteiger partial charge in [-0.3, -0.25) is 4.79 Å². The van der Waals surface area contributed by atoms with Gasteiger partial charge < -0.3 is 9.84 Å². The molecule has 0 amide bonds. The molecule has 0 bridgehead atoms. The van der Waals surface area contributed by atoms with E-state index in [1.54, 1.807) is 0 Å². The Labute approximate surface area is 89.2 Å². The Balaban J connectivity index is 0.000000288. The maximum absolute atomic E-state index is 10.6. The third-order valence-electron chi connectivity index (χ3n) is 1.94. The van der Waals surface area contributed by atoms with E-state index in [4.69, 9.17) is 9.84 Å². The first-order chi connectivity index (χ1) is 6.66. The summed E-state index contributed by atoms with van der Waals surface area (Å²) in [5.74, 6) is -0.507. The monoisotopic (exact) mass is 212 g/mol. The van der Waals surface area contributed by atoms with Gasteiger partial charge in [-0.1, -0.05) is 27.0 Å². The van der Waals surface area contributed by atoms with Crippen LogP contribution in [0.2, 0.25) is 0 Å². The van der Waals surface area contributed by atoms with Gasteiger partial charge in [-0.25, -0.2) is 4.79 Å². The van der Waals surface area contributed by atoms with E-state index in [0.29, 0.717) is 12.2 Å². The summed E-state index contributed by atoms with van der Waals surface area (Å²) in [6.45, 7) is 12.1. The molecule has 1 heterocycles. The maximum atomic E-state index is 10.6. The Bertz CT molecular complexity index is 301. The minimum absolute atomic E-state index is 0.142. The smallest absolute Gasteiger partial charge is 0.330 e. The van der Waals surface area contributed by atoms with Crippen LogP contribution in [0, 0.1) is 5.41 Å². The van der Waals surface area contributed by atoms with Crippen LogP contribution in [0.15, 0.2) is 24.5 Å². The van der Waals surface area contributed by atoms with Crippen LogP contribution in [0.3, 0.4) is 0 Å². The van der Waals surface area contributed by atoms with Gasteiger partial charge in [0.1, 0.15) is 5.76 Å². The second kappa shape index (κ2) is 4.77. The molecule has 1 aliphatic rings. The number of allylic oxidation sites excluding steroid dienone is 1. The van der Waals surface area contributed by atoms with Crippen LogP contribution >= 0.6 is 0 Å². The molecule has 1 rings (SSSR count). The molecule has 1 aliphatic heterocycles. The van der Waals surface area contributed by atoms with Gasteiger partial charge in [-0.2, -0.15) is 0 Å². The van der Waals surface area contributed by atoms with Gasteiger partial charge in [0.05, 0.1) is 6.42 Å². The van der Waals surface area contributed by atoms with Crippen molar-refractivity contribution in [3.63, 3.8) is 0 Å². The first-order valence-electron chi connectivity index (χ1n) is 4.45. The number of rotatable bonds is 1. The Morgan fingerprint density at radius 3 is 2.00 bits per heavy atom. The van der Waals surface area contributed by atoms with Crippen molar-refractivity contribution in [3.8, 4) is 0 Å². The van der Waals surface area contributed by atoms with E-state index in [9.17, 15) is 9.59 Å². The molecule has 1 fully saturated rings. The minimum Gasteiger partial charge on any atom is -0.478 e. The van der Waals surface area contributed by atoms with E-state index in [-0.39, 0.29) is 17.0 Å². The molecule has 1 N–H and O–H groups in total. The molecule has 0 atom stereocenters.